The normalized spacial score (nSPS) is 19.7. The molecule has 0 heterocycles. The number of rotatable bonds is 5. The van der Waals surface area contributed by atoms with E-state index in [1.165, 1.54) is 32.1 Å². The van der Waals surface area contributed by atoms with Gasteiger partial charge in [-0.05, 0) is 0 Å². The molecule has 15 heavy (non-hydrogen) atoms. The molecule has 92 valence electrons. The van der Waals surface area contributed by atoms with E-state index in [2.05, 4.69) is 45.7 Å². The fourth-order valence-electron chi connectivity index (χ4n) is 1.78. The Balaban J connectivity index is 2.41. The fourth-order valence-corrected chi connectivity index (χ4v) is 2.72. The summed E-state index contributed by atoms with van der Waals surface area (Å²) >= 11 is 0. The SMILES string of the molecule is CC(C)(C)N(CC[PH](C)(C)C)CC1CC1. The molecule has 0 aromatic rings. The monoisotopic (exact) mass is 231 g/mol. The second kappa shape index (κ2) is 4.72. The third kappa shape index (κ3) is 5.88. The summed E-state index contributed by atoms with van der Waals surface area (Å²) in [7, 11) is -0.871. The molecule has 0 aliphatic heterocycles. The van der Waals surface area contributed by atoms with E-state index in [0.29, 0.717) is 5.54 Å². The molecule has 0 amide bonds. The summed E-state index contributed by atoms with van der Waals surface area (Å²) in [5.74, 6) is 1.02. The van der Waals surface area contributed by atoms with Crippen molar-refractivity contribution in [3.8, 4) is 0 Å². The molecule has 0 aromatic carbocycles. The molecule has 0 atom stereocenters. The van der Waals surface area contributed by atoms with Crippen molar-refractivity contribution >= 4 is 7.26 Å². The van der Waals surface area contributed by atoms with Gasteiger partial charge in [0, 0.05) is 0 Å². The van der Waals surface area contributed by atoms with Gasteiger partial charge in [-0.25, -0.2) is 0 Å². The van der Waals surface area contributed by atoms with Gasteiger partial charge in [-0.1, -0.05) is 0 Å². The topological polar surface area (TPSA) is 3.24 Å². The molecule has 1 rings (SSSR count). The van der Waals surface area contributed by atoms with Crippen LogP contribution in [0.4, 0.5) is 0 Å². The van der Waals surface area contributed by atoms with Gasteiger partial charge in [0.05, 0.1) is 0 Å². The molecule has 0 saturated heterocycles. The van der Waals surface area contributed by atoms with Crippen molar-refractivity contribution in [1.82, 2.24) is 4.90 Å². The van der Waals surface area contributed by atoms with Crippen LogP contribution in [0.25, 0.3) is 0 Å². The van der Waals surface area contributed by atoms with E-state index in [9.17, 15) is 0 Å². The predicted octanol–water partition coefficient (Wildman–Crippen LogP) is 3.14. The van der Waals surface area contributed by atoms with Crippen LogP contribution in [-0.2, 0) is 0 Å². The van der Waals surface area contributed by atoms with Gasteiger partial charge in [-0.2, -0.15) is 0 Å². The first-order valence-corrected chi connectivity index (χ1v) is 10.1. The van der Waals surface area contributed by atoms with Gasteiger partial charge >= 0.3 is 96.5 Å². The minimum atomic E-state index is -0.871. The van der Waals surface area contributed by atoms with Gasteiger partial charge in [0.15, 0.2) is 0 Å². The molecule has 1 fully saturated rings. The summed E-state index contributed by atoms with van der Waals surface area (Å²) < 4.78 is 0. The van der Waals surface area contributed by atoms with Crippen LogP contribution in [0.2, 0.25) is 0 Å². The molecule has 1 nitrogen and oxygen atoms in total. The zero-order valence-corrected chi connectivity index (χ0v) is 12.6. The average molecular weight is 231 g/mol. The number of hydrogen-bond donors (Lipinski definition) is 0. The Kier molecular flexibility index (Phi) is 4.23. The Morgan fingerprint density at radius 3 is 2.00 bits per heavy atom. The molecule has 1 aliphatic carbocycles. The van der Waals surface area contributed by atoms with Crippen molar-refractivity contribution in [2.45, 2.75) is 39.2 Å². The molecule has 1 saturated carbocycles. The van der Waals surface area contributed by atoms with E-state index < -0.39 is 7.26 Å². The van der Waals surface area contributed by atoms with E-state index in [0.717, 1.165) is 5.92 Å². The van der Waals surface area contributed by atoms with E-state index in [-0.39, 0.29) is 0 Å². The Labute approximate surface area is 97.0 Å². The Bertz CT molecular complexity index is 196. The Hall–Kier alpha value is 0.390. The van der Waals surface area contributed by atoms with Gasteiger partial charge in [0.2, 0.25) is 0 Å². The van der Waals surface area contributed by atoms with Gasteiger partial charge < -0.3 is 0 Å². The maximum atomic E-state index is 2.71. The van der Waals surface area contributed by atoms with Crippen molar-refractivity contribution in [3.05, 3.63) is 0 Å². The zero-order chi connectivity index (χ0) is 11.7. The summed E-state index contributed by atoms with van der Waals surface area (Å²) in [6, 6.07) is 0. The van der Waals surface area contributed by atoms with Crippen molar-refractivity contribution in [2.75, 3.05) is 39.2 Å². The summed E-state index contributed by atoms with van der Waals surface area (Å²) in [5, 5.41) is 0. The van der Waals surface area contributed by atoms with E-state index in [1.54, 1.807) is 0 Å². The van der Waals surface area contributed by atoms with Gasteiger partial charge in [-0.15, -0.1) is 0 Å². The second-order valence-corrected chi connectivity index (χ2v) is 13.0. The van der Waals surface area contributed by atoms with Gasteiger partial charge in [-0.3, -0.25) is 0 Å². The molecular formula is C13H30NP. The van der Waals surface area contributed by atoms with Crippen LogP contribution in [0.3, 0.4) is 0 Å². The van der Waals surface area contributed by atoms with Crippen LogP contribution in [0.1, 0.15) is 33.6 Å². The predicted molar refractivity (Wildman–Crippen MR) is 75.0 cm³/mol. The third-order valence-corrected chi connectivity index (χ3v) is 4.98. The average Bonchev–Trinajstić information content (AvgIpc) is 2.76. The number of nitrogens with zero attached hydrogens (tertiary/aromatic N) is 1. The van der Waals surface area contributed by atoms with Crippen LogP contribution in [0, 0.1) is 5.92 Å². The summed E-state index contributed by atoms with van der Waals surface area (Å²) in [4.78, 5) is 2.71. The van der Waals surface area contributed by atoms with Crippen molar-refractivity contribution < 1.29 is 0 Å². The first kappa shape index (κ1) is 13.5. The van der Waals surface area contributed by atoms with Crippen LogP contribution < -0.4 is 0 Å². The molecule has 2 heteroatoms. The van der Waals surface area contributed by atoms with E-state index >= 15 is 0 Å². The summed E-state index contributed by atoms with van der Waals surface area (Å²) in [6.45, 7) is 17.2. The van der Waals surface area contributed by atoms with E-state index in [4.69, 9.17) is 0 Å². The molecule has 0 unspecified atom stereocenters. The Morgan fingerprint density at radius 2 is 1.67 bits per heavy atom. The van der Waals surface area contributed by atoms with Crippen LogP contribution in [0.5, 0.6) is 0 Å². The minimum absolute atomic E-state index is 0.363. The van der Waals surface area contributed by atoms with E-state index in [1.807, 2.05) is 0 Å². The second-order valence-electron chi connectivity index (χ2n) is 7.37. The fraction of sp³-hybridized carbons (Fsp3) is 1.00. The molecule has 0 N–H and O–H groups in total. The maximum absolute atomic E-state index is 2.71. The molecule has 0 aromatic heterocycles. The molecular weight excluding hydrogens is 201 g/mol. The van der Waals surface area contributed by atoms with Gasteiger partial charge in [0.25, 0.3) is 0 Å². The zero-order valence-electron chi connectivity index (χ0n) is 11.6. The van der Waals surface area contributed by atoms with Crippen molar-refractivity contribution in [3.63, 3.8) is 0 Å². The standard InChI is InChI=1S/C13H30NP/c1-13(2,3)14(11-12-7-8-12)9-10-15(4,5)6/h12,15H,7-11H2,1-6H3. The van der Waals surface area contributed by atoms with Crippen LogP contribution in [0.15, 0.2) is 0 Å². The summed E-state index contributed by atoms with van der Waals surface area (Å²) in [5.41, 5.74) is 0.363. The van der Waals surface area contributed by atoms with Crippen molar-refractivity contribution in [1.29, 1.82) is 0 Å². The Morgan fingerprint density at radius 1 is 1.13 bits per heavy atom. The summed E-state index contributed by atoms with van der Waals surface area (Å²) in [6.07, 6.45) is 4.38. The molecule has 0 bridgehead atoms. The van der Waals surface area contributed by atoms with Crippen molar-refractivity contribution in [2.24, 2.45) is 5.92 Å². The first-order valence-electron chi connectivity index (χ1n) is 6.43. The molecule has 0 radical (unpaired) electrons. The van der Waals surface area contributed by atoms with Crippen LogP contribution >= 0.6 is 7.26 Å². The van der Waals surface area contributed by atoms with Gasteiger partial charge in [0.1, 0.15) is 0 Å². The molecule has 0 spiro atoms. The molecule has 1 aliphatic rings. The third-order valence-electron chi connectivity index (χ3n) is 3.26. The first-order chi connectivity index (χ1) is 6.68. The number of hydrogen-bond acceptors (Lipinski definition) is 1. The quantitative estimate of drug-likeness (QED) is 0.657. The van der Waals surface area contributed by atoms with Crippen LogP contribution in [-0.4, -0.2) is 49.7 Å².